The van der Waals surface area contributed by atoms with E-state index in [9.17, 15) is 5.11 Å². The largest absolute Gasteiger partial charge is 0.493 e. The highest BCUT2D eigenvalue weighted by Gasteiger charge is 2.28. The fourth-order valence-electron chi connectivity index (χ4n) is 4.53. The maximum absolute atomic E-state index is 10.6. The number of nitrogens with one attached hydrogen (secondary N) is 1. The van der Waals surface area contributed by atoms with Gasteiger partial charge in [0.15, 0.2) is 11.5 Å². The first kappa shape index (κ1) is 23.5. The van der Waals surface area contributed by atoms with E-state index in [0.717, 1.165) is 47.8 Å². The van der Waals surface area contributed by atoms with Gasteiger partial charge in [0.25, 0.3) is 0 Å². The molecule has 0 bridgehead atoms. The van der Waals surface area contributed by atoms with Crippen LogP contribution in [0.15, 0.2) is 55.0 Å². The predicted octanol–water partition coefficient (Wildman–Crippen LogP) is 4.85. The van der Waals surface area contributed by atoms with Gasteiger partial charge in [-0.15, -0.1) is 0 Å². The summed E-state index contributed by atoms with van der Waals surface area (Å²) in [4.78, 5) is 8.86. The number of anilines is 2. The molecule has 1 fully saturated rings. The zero-order valence-electron chi connectivity index (χ0n) is 20.5. The zero-order chi connectivity index (χ0) is 25.1. The van der Waals surface area contributed by atoms with Crippen molar-refractivity contribution in [2.24, 2.45) is 0 Å². The molecule has 2 N–H and O–H groups in total. The van der Waals surface area contributed by atoms with Gasteiger partial charge < -0.3 is 29.2 Å². The van der Waals surface area contributed by atoms with Gasteiger partial charge in [0, 0.05) is 41.0 Å². The molecule has 2 aromatic heterocycles. The van der Waals surface area contributed by atoms with Gasteiger partial charge in [-0.05, 0) is 43.9 Å². The number of hydrogen-bond acceptors (Lipinski definition) is 7. The Morgan fingerprint density at radius 2 is 1.69 bits per heavy atom. The SMILES string of the molecule is COc1cc(Nc2cc(-n3ccc4ccc(C#CC5(O)CCCC5)cc43)ncn2)cc(OC)c1OC. The Kier molecular flexibility index (Phi) is 6.40. The van der Waals surface area contributed by atoms with Crippen LogP contribution in [0.3, 0.4) is 0 Å². The molecule has 1 saturated carbocycles. The number of benzene rings is 2. The van der Waals surface area contributed by atoms with Crippen LogP contribution in [0.4, 0.5) is 11.5 Å². The van der Waals surface area contributed by atoms with Gasteiger partial charge in [-0.1, -0.05) is 17.9 Å². The van der Waals surface area contributed by atoms with Gasteiger partial charge >= 0.3 is 0 Å². The molecule has 0 saturated heterocycles. The fraction of sp³-hybridized carbons (Fsp3) is 0.286. The van der Waals surface area contributed by atoms with Crippen molar-refractivity contribution in [1.82, 2.24) is 14.5 Å². The lowest BCUT2D eigenvalue weighted by atomic mass is 10.0. The molecule has 5 rings (SSSR count). The zero-order valence-corrected chi connectivity index (χ0v) is 20.5. The summed E-state index contributed by atoms with van der Waals surface area (Å²) in [6.45, 7) is 0. The monoisotopic (exact) mass is 484 g/mol. The topological polar surface area (TPSA) is 90.7 Å². The summed E-state index contributed by atoms with van der Waals surface area (Å²) in [6, 6.07) is 13.6. The molecular formula is C28H28N4O4. The second kappa shape index (κ2) is 9.80. The summed E-state index contributed by atoms with van der Waals surface area (Å²) < 4.78 is 18.3. The molecule has 0 unspecified atom stereocenters. The molecule has 0 atom stereocenters. The molecule has 1 aliphatic rings. The lowest BCUT2D eigenvalue weighted by Crippen LogP contribution is -2.20. The van der Waals surface area contributed by atoms with E-state index in [1.807, 2.05) is 53.2 Å². The quantitative estimate of drug-likeness (QED) is 0.378. The van der Waals surface area contributed by atoms with Crippen molar-refractivity contribution in [2.45, 2.75) is 31.3 Å². The highest BCUT2D eigenvalue weighted by atomic mass is 16.5. The number of hydrogen-bond donors (Lipinski definition) is 2. The number of fused-ring (bicyclic) bond motifs is 1. The van der Waals surface area contributed by atoms with Crippen molar-refractivity contribution in [3.05, 3.63) is 60.6 Å². The van der Waals surface area contributed by atoms with Crippen molar-refractivity contribution in [3.63, 3.8) is 0 Å². The third-order valence-corrected chi connectivity index (χ3v) is 6.40. The van der Waals surface area contributed by atoms with Crippen molar-refractivity contribution in [3.8, 4) is 34.9 Å². The van der Waals surface area contributed by atoms with Crippen molar-refractivity contribution >= 4 is 22.4 Å². The van der Waals surface area contributed by atoms with Crippen molar-refractivity contribution in [2.75, 3.05) is 26.6 Å². The Hall–Kier alpha value is -4.22. The van der Waals surface area contributed by atoms with Gasteiger partial charge in [-0.2, -0.15) is 0 Å². The third-order valence-electron chi connectivity index (χ3n) is 6.40. The van der Waals surface area contributed by atoms with Gasteiger partial charge in [0.2, 0.25) is 5.75 Å². The fourth-order valence-corrected chi connectivity index (χ4v) is 4.53. The molecule has 184 valence electrons. The highest BCUT2D eigenvalue weighted by Crippen LogP contribution is 2.40. The van der Waals surface area contributed by atoms with E-state index in [0.29, 0.717) is 28.9 Å². The summed E-state index contributed by atoms with van der Waals surface area (Å²) in [6.07, 6.45) is 7.00. The van der Waals surface area contributed by atoms with Crippen LogP contribution in [0.5, 0.6) is 17.2 Å². The van der Waals surface area contributed by atoms with Gasteiger partial charge in [-0.25, -0.2) is 9.97 Å². The Bertz CT molecular complexity index is 1440. The van der Waals surface area contributed by atoms with Gasteiger partial charge in [0.1, 0.15) is 23.6 Å². The molecule has 0 spiro atoms. The number of methoxy groups -OCH3 is 3. The van der Waals surface area contributed by atoms with E-state index in [1.54, 1.807) is 21.3 Å². The average molecular weight is 485 g/mol. The Morgan fingerprint density at radius 3 is 2.39 bits per heavy atom. The first-order valence-electron chi connectivity index (χ1n) is 11.8. The summed E-state index contributed by atoms with van der Waals surface area (Å²) in [5.41, 5.74) is 1.69. The molecule has 0 radical (unpaired) electrons. The van der Waals surface area contributed by atoms with Crippen molar-refractivity contribution in [1.29, 1.82) is 0 Å². The predicted molar refractivity (Wildman–Crippen MR) is 139 cm³/mol. The number of rotatable bonds is 6. The number of nitrogens with zero attached hydrogens (tertiary/aromatic N) is 3. The van der Waals surface area contributed by atoms with Crippen LogP contribution in [0.2, 0.25) is 0 Å². The number of aromatic nitrogens is 3. The number of aliphatic hydroxyl groups is 1. The summed E-state index contributed by atoms with van der Waals surface area (Å²) in [5.74, 6) is 9.17. The summed E-state index contributed by atoms with van der Waals surface area (Å²) in [5, 5.41) is 14.9. The molecule has 36 heavy (non-hydrogen) atoms. The molecule has 0 aliphatic heterocycles. The first-order valence-corrected chi connectivity index (χ1v) is 11.8. The van der Waals surface area contributed by atoms with E-state index in [4.69, 9.17) is 14.2 Å². The standard InChI is InChI=1S/C28H28N4O4/c1-34-23-15-21(16-24(35-2)27(23)36-3)31-25-17-26(30-18-29-25)32-13-9-20-7-6-19(14-22(20)32)8-12-28(33)10-4-5-11-28/h6-7,9,13-18,33H,4-5,10-11H2,1-3H3,(H,29,30,31). The lowest BCUT2D eigenvalue weighted by molar-refractivity contribution is 0.110. The minimum absolute atomic E-state index is 0.520. The molecule has 8 heteroatoms. The second-order valence-electron chi connectivity index (χ2n) is 8.75. The Morgan fingerprint density at radius 1 is 0.944 bits per heavy atom. The van der Waals surface area contributed by atoms with Crippen LogP contribution < -0.4 is 19.5 Å². The number of ether oxygens (including phenoxy) is 3. The van der Waals surface area contributed by atoms with Crippen LogP contribution >= 0.6 is 0 Å². The van der Waals surface area contributed by atoms with Crippen LogP contribution in [0.25, 0.3) is 16.7 Å². The first-order chi connectivity index (χ1) is 17.5. The molecule has 2 aromatic carbocycles. The third kappa shape index (κ3) is 4.66. The van der Waals surface area contributed by atoms with Crippen molar-refractivity contribution < 1.29 is 19.3 Å². The molecule has 0 amide bonds. The van der Waals surface area contributed by atoms with E-state index >= 15 is 0 Å². The smallest absolute Gasteiger partial charge is 0.203 e. The van der Waals surface area contributed by atoms with Gasteiger partial charge in [-0.3, -0.25) is 0 Å². The van der Waals surface area contributed by atoms with Crippen LogP contribution in [-0.2, 0) is 0 Å². The van der Waals surface area contributed by atoms with Crippen LogP contribution in [0, 0.1) is 11.8 Å². The average Bonchev–Trinajstić information content (AvgIpc) is 3.53. The highest BCUT2D eigenvalue weighted by molar-refractivity contribution is 5.83. The summed E-state index contributed by atoms with van der Waals surface area (Å²) >= 11 is 0. The normalized spacial score (nSPS) is 14.2. The molecule has 1 aliphatic carbocycles. The Balaban J connectivity index is 1.46. The van der Waals surface area contributed by atoms with Gasteiger partial charge in [0.05, 0.1) is 26.8 Å². The minimum Gasteiger partial charge on any atom is -0.493 e. The minimum atomic E-state index is -0.864. The van der Waals surface area contributed by atoms with Crippen LogP contribution in [-0.4, -0.2) is 46.6 Å². The van der Waals surface area contributed by atoms with E-state index in [1.165, 1.54) is 6.33 Å². The Labute approximate surface area is 209 Å². The molecule has 2 heterocycles. The van der Waals surface area contributed by atoms with E-state index < -0.39 is 5.60 Å². The summed E-state index contributed by atoms with van der Waals surface area (Å²) in [7, 11) is 4.72. The lowest BCUT2D eigenvalue weighted by Gasteiger charge is -2.15. The second-order valence-corrected chi connectivity index (χ2v) is 8.75. The van der Waals surface area contributed by atoms with Crippen LogP contribution in [0.1, 0.15) is 31.2 Å². The maximum atomic E-state index is 10.6. The molecule has 4 aromatic rings. The maximum Gasteiger partial charge on any atom is 0.203 e. The van der Waals surface area contributed by atoms with E-state index in [2.05, 4.69) is 27.1 Å². The van der Waals surface area contributed by atoms with E-state index in [-0.39, 0.29) is 0 Å². The molecular weight excluding hydrogens is 456 g/mol. The molecule has 8 nitrogen and oxygen atoms in total.